The first-order valence-electron chi connectivity index (χ1n) is 9.98. The van der Waals surface area contributed by atoms with Crippen molar-refractivity contribution >= 4 is 63.2 Å². The van der Waals surface area contributed by atoms with Crippen molar-refractivity contribution in [2.24, 2.45) is 0 Å². The summed E-state index contributed by atoms with van der Waals surface area (Å²) in [6.45, 7) is 0.615. The van der Waals surface area contributed by atoms with Crippen molar-refractivity contribution in [2.45, 2.75) is 13.2 Å². The molecule has 1 heterocycles. The van der Waals surface area contributed by atoms with Crippen LogP contribution in [0.15, 0.2) is 71.6 Å². The van der Waals surface area contributed by atoms with E-state index < -0.39 is 0 Å². The van der Waals surface area contributed by atoms with Crippen LogP contribution in [0.3, 0.4) is 0 Å². The van der Waals surface area contributed by atoms with Crippen LogP contribution in [-0.2, 0) is 17.9 Å². The second kappa shape index (κ2) is 10.6. The average molecular weight is 592 g/mol. The number of methoxy groups -OCH3 is 1. The van der Waals surface area contributed by atoms with E-state index in [4.69, 9.17) is 21.1 Å². The summed E-state index contributed by atoms with van der Waals surface area (Å²) in [5.74, 6) is 0.830. The number of imide groups is 1. The molecule has 8 heteroatoms. The lowest BCUT2D eigenvalue weighted by atomic mass is 10.1. The molecule has 1 aliphatic rings. The molecule has 0 aromatic heterocycles. The summed E-state index contributed by atoms with van der Waals surface area (Å²) in [6.07, 6.45) is 1.69. The van der Waals surface area contributed by atoms with Crippen LogP contribution >= 0.6 is 46.0 Å². The van der Waals surface area contributed by atoms with Crippen LogP contribution in [0.2, 0.25) is 5.02 Å². The number of rotatable bonds is 7. The minimum Gasteiger partial charge on any atom is -0.493 e. The van der Waals surface area contributed by atoms with Crippen molar-refractivity contribution in [1.29, 1.82) is 0 Å². The maximum atomic E-state index is 12.8. The fraction of sp³-hybridized carbons (Fsp3) is 0.120. The Morgan fingerprint density at radius 3 is 2.36 bits per heavy atom. The van der Waals surface area contributed by atoms with Crippen molar-refractivity contribution in [2.75, 3.05) is 7.11 Å². The topological polar surface area (TPSA) is 55.8 Å². The normalized spacial score (nSPS) is 14.8. The molecule has 33 heavy (non-hydrogen) atoms. The fourth-order valence-corrected chi connectivity index (χ4v) is 4.52. The molecule has 0 atom stereocenters. The van der Waals surface area contributed by atoms with Gasteiger partial charge >= 0.3 is 0 Å². The molecule has 3 aromatic carbocycles. The third kappa shape index (κ3) is 5.90. The maximum Gasteiger partial charge on any atom is 0.293 e. The van der Waals surface area contributed by atoms with Gasteiger partial charge in [0.25, 0.3) is 11.1 Å². The van der Waals surface area contributed by atoms with Crippen molar-refractivity contribution in [1.82, 2.24) is 4.90 Å². The number of carbonyl (C=O) groups is 2. The quantitative estimate of drug-likeness (QED) is 0.224. The van der Waals surface area contributed by atoms with Crippen LogP contribution in [0.5, 0.6) is 11.5 Å². The van der Waals surface area contributed by atoms with Crippen molar-refractivity contribution in [3.05, 3.63) is 96.9 Å². The second-order valence-corrected chi connectivity index (χ2v) is 9.90. The van der Waals surface area contributed by atoms with Crippen molar-refractivity contribution in [3.8, 4) is 11.5 Å². The predicted molar refractivity (Wildman–Crippen MR) is 139 cm³/mol. The number of benzene rings is 3. The van der Waals surface area contributed by atoms with Gasteiger partial charge < -0.3 is 9.47 Å². The molecular formula is C25H19ClINO4S. The molecular weight excluding hydrogens is 573 g/mol. The summed E-state index contributed by atoms with van der Waals surface area (Å²) in [5, 5.41) is 0.304. The Morgan fingerprint density at radius 1 is 0.970 bits per heavy atom. The van der Waals surface area contributed by atoms with Crippen LogP contribution < -0.4 is 9.47 Å². The number of hydrogen-bond donors (Lipinski definition) is 0. The summed E-state index contributed by atoms with van der Waals surface area (Å²) in [5.41, 5.74) is 2.63. The van der Waals surface area contributed by atoms with Gasteiger partial charge in [-0.3, -0.25) is 14.5 Å². The molecule has 2 amide bonds. The van der Waals surface area contributed by atoms with Crippen LogP contribution in [0.4, 0.5) is 4.79 Å². The highest BCUT2D eigenvalue weighted by molar-refractivity contribution is 14.1. The first-order valence-corrected chi connectivity index (χ1v) is 12.3. The maximum absolute atomic E-state index is 12.8. The molecule has 0 unspecified atom stereocenters. The standard InChI is InChI=1S/C25H19ClINO4S/c1-31-22-12-18(6-11-21(22)32-15-17-4-9-20(27)10-5-17)13-23-24(29)28(25(30)33-23)14-16-2-7-19(26)8-3-16/h2-13H,14-15H2,1H3/b23-13-. The van der Waals surface area contributed by atoms with Crippen LogP contribution in [0.25, 0.3) is 6.08 Å². The van der Waals surface area contributed by atoms with Gasteiger partial charge in [0.2, 0.25) is 0 Å². The monoisotopic (exact) mass is 591 g/mol. The minimum atomic E-state index is -0.321. The highest BCUT2D eigenvalue weighted by Crippen LogP contribution is 2.35. The summed E-state index contributed by atoms with van der Waals surface area (Å²) < 4.78 is 12.6. The smallest absolute Gasteiger partial charge is 0.293 e. The zero-order valence-corrected chi connectivity index (χ0v) is 21.3. The molecule has 0 N–H and O–H groups in total. The fourth-order valence-electron chi connectivity index (χ4n) is 3.19. The molecule has 1 aliphatic heterocycles. The molecule has 1 fully saturated rings. The first kappa shape index (κ1) is 23.7. The summed E-state index contributed by atoms with van der Waals surface area (Å²) >= 11 is 9.10. The van der Waals surface area contributed by atoms with Crippen LogP contribution in [-0.4, -0.2) is 23.2 Å². The van der Waals surface area contributed by atoms with E-state index in [1.807, 2.05) is 30.3 Å². The lowest BCUT2D eigenvalue weighted by Gasteiger charge is -2.12. The van der Waals surface area contributed by atoms with Gasteiger partial charge in [0.1, 0.15) is 6.61 Å². The van der Waals surface area contributed by atoms with Gasteiger partial charge in [-0.1, -0.05) is 41.9 Å². The number of carbonyl (C=O) groups excluding carboxylic acids is 2. The minimum absolute atomic E-state index is 0.202. The molecule has 3 aromatic rings. The van der Waals surface area contributed by atoms with Crippen LogP contribution in [0.1, 0.15) is 16.7 Å². The third-order valence-electron chi connectivity index (χ3n) is 4.92. The zero-order chi connectivity index (χ0) is 23.4. The zero-order valence-electron chi connectivity index (χ0n) is 17.6. The SMILES string of the molecule is COc1cc(/C=C2\SC(=O)N(Cc3ccc(Cl)cc3)C2=O)ccc1OCc1ccc(I)cc1. The Morgan fingerprint density at radius 2 is 1.67 bits per heavy atom. The molecule has 4 rings (SSSR count). The van der Waals surface area contributed by atoms with E-state index in [-0.39, 0.29) is 17.7 Å². The number of halogens is 2. The molecule has 0 radical (unpaired) electrons. The van der Waals surface area contributed by atoms with E-state index in [2.05, 4.69) is 22.6 Å². The lowest BCUT2D eigenvalue weighted by Crippen LogP contribution is -2.27. The molecule has 0 bridgehead atoms. The predicted octanol–water partition coefficient (Wildman–Crippen LogP) is 6.77. The van der Waals surface area contributed by atoms with E-state index in [0.29, 0.717) is 28.0 Å². The van der Waals surface area contributed by atoms with E-state index in [9.17, 15) is 9.59 Å². The molecule has 0 saturated carbocycles. The molecule has 0 aliphatic carbocycles. The molecule has 5 nitrogen and oxygen atoms in total. The molecule has 0 spiro atoms. The van der Waals surface area contributed by atoms with Gasteiger partial charge in [0, 0.05) is 8.59 Å². The summed E-state index contributed by atoms with van der Waals surface area (Å²) in [4.78, 5) is 26.9. The lowest BCUT2D eigenvalue weighted by molar-refractivity contribution is -0.123. The van der Waals surface area contributed by atoms with E-state index in [1.165, 1.54) is 4.90 Å². The van der Waals surface area contributed by atoms with Gasteiger partial charge in [-0.05, 0) is 93.5 Å². The van der Waals surface area contributed by atoms with Crippen molar-refractivity contribution in [3.63, 3.8) is 0 Å². The number of thioether (sulfide) groups is 1. The Hall–Kier alpha value is -2.49. The number of amides is 2. The third-order valence-corrected chi connectivity index (χ3v) is 6.80. The Labute approximate surface area is 214 Å². The Bertz CT molecular complexity index is 1210. The van der Waals surface area contributed by atoms with Gasteiger partial charge in [-0.2, -0.15) is 0 Å². The van der Waals surface area contributed by atoms with Gasteiger partial charge in [0.15, 0.2) is 11.5 Å². The Balaban J connectivity index is 1.47. The van der Waals surface area contributed by atoms with Gasteiger partial charge in [-0.15, -0.1) is 0 Å². The van der Waals surface area contributed by atoms with Crippen molar-refractivity contribution < 1.29 is 19.1 Å². The second-order valence-electron chi connectivity index (χ2n) is 7.22. The van der Waals surface area contributed by atoms with E-state index in [1.54, 1.807) is 49.6 Å². The summed E-state index contributed by atoms with van der Waals surface area (Å²) in [6, 6.07) is 20.6. The van der Waals surface area contributed by atoms with E-state index in [0.717, 1.165) is 32.0 Å². The number of ether oxygens (including phenoxy) is 2. The first-order chi connectivity index (χ1) is 15.9. The van der Waals surface area contributed by atoms with Gasteiger partial charge in [0.05, 0.1) is 18.6 Å². The Kier molecular flexibility index (Phi) is 7.62. The van der Waals surface area contributed by atoms with Gasteiger partial charge in [-0.25, -0.2) is 0 Å². The molecule has 168 valence electrons. The summed E-state index contributed by atoms with van der Waals surface area (Å²) in [7, 11) is 1.57. The van der Waals surface area contributed by atoms with E-state index >= 15 is 0 Å². The van der Waals surface area contributed by atoms with Crippen LogP contribution in [0, 0.1) is 3.57 Å². The molecule has 1 saturated heterocycles. The largest absolute Gasteiger partial charge is 0.493 e. The number of nitrogens with zero attached hydrogens (tertiary/aromatic N) is 1. The number of hydrogen-bond acceptors (Lipinski definition) is 5. The average Bonchev–Trinajstić information content (AvgIpc) is 3.07. The highest BCUT2D eigenvalue weighted by Gasteiger charge is 2.35. The highest BCUT2D eigenvalue weighted by atomic mass is 127.